The molecule has 1 amide bonds. The number of ether oxygens (including phenoxy) is 2. The van der Waals surface area contributed by atoms with Gasteiger partial charge in [-0.2, -0.15) is 0 Å². The van der Waals surface area contributed by atoms with Crippen LogP contribution in [0.15, 0.2) is 22.7 Å². The van der Waals surface area contributed by atoms with Gasteiger partial charge in [0.25, 0.3) is 0 Å². The molecule has 1 aliphatic rings. The van der Waals surface area contributed by atoms with E-state index in [1.54, 1.807) is 6.07 Å². The number of carbonyl (C=O) groups is 1. The van der Waals surface area contributed by atoms with E-state index in [1.165, 1.54) is 12.1 Å². The SMILES string of the molecule is O=C(CCOCC1CCCO1)Nc1cc(Br)ccc1F. The molecule has 1 unspecified atom stereocenters. The van der Waals surface area contributed by atoms with Gasteiger partial charge < -0.3 is 14.8 Å². The lowest BCUT2D eigenvalue weighted by Gasteiger charge is -2.10. The van der Waals surface area contributed by atoms with Crippen LogP contribution >= 0.6 is 15.9 Å². The van der Waals surface area contributed by atoms with Gasteiger partial charge in [-0.15, -0.1) is 0 Å². The van der Waals surface area contributed by atoms with E-state index in [9.17, 15) is 9.18 Å². The summed E-state index contributed by atoms with van der Waals surface area (Å²) in [6.07, 6.45) is 2.42. The fraction of sp³-hybridized carbons (Fsp3) is 0.500. The van der Waals surface area contributed by atoms with Crippen molar-refractivity contribution in [1.82, 2.24) is 0 Å². The van der Waals surface area contributed by atoms with Gasteiger partial charge in [0.2, 0.25) is 5.91 Å². The number of hydrogen-bond acceptors (Lipinski definition) is 3. The lowest BCUT2D eigenvalue weighted by molar-refractivity contribution is -0.117. The van der Waals surface area contributed by atoms with E-state index in [0.717, 1.165) is 19.4 Å². The van der Waals surface area contributed by atoms with Crippen molar-refractivity contribution in [1.29, 1.82) is 0 Å². The lowest BCUT2D eigenvalue weighted by Crippen LogP contribution is -2.18. The highest BCUT2D eigenvalue weighted by Gasteiger charge is 2.15. The minimum atomic E-state index is -0.457. The van der Waals surface area contributed by atoms with Gasteiger partial charge in [0.1, 0.15) is 5.82 Å². The first kappa shape index (κ1) is 15.4. The molecule has 1 aromatic rings. The average Bonchev–Trinajstić information content (AvgIpc) is 2.92. The maximum absolute atomic E-state index is 13.4. The van der Waals surface area contributed by atoms with Crippen molar-refractivity contribution in [2.24, 2.45) is 0 Å². The van der Waals surface area contributed by atoms with Gasteiger partial charge in [0.05, 0.1) is 31.4 Å². The van der Waals surface area contributed by atoms with Gasteiger partial charge in [-0.05, 0) is 31.0 Å². The highest BCUT2D eigenvalue weighted by Crippen LogP contribution is 2.20. The molecule has 2 rings (SSSR count). The Morgan fingerprint density at radius 1 is 1.55 bits per heavy atom. The van der Waals surface area contributed by atoms with Gasteiger partial charge in [-0.25, -0.2) is 4.39 Å². The van der Waals surface area contributed by atoms with E-state index in [1.807, 2.05) is 0 Å². The third-order valence-electron chi connectivity index (χ3n) is 3.00. The zero-order valence-corrected chi connectivity index (χ0v) is 12.6. The second kappa shape index (κ2) is 7.71. The van der Waals surface area contributed by atoms with Crippen LogP contribution in [0.25, 0.3) is 0 Å². The third-order valence-corrected chi connectivity index (χ3v) is 3.50. The average molecular weight is 346 g/mol. The summed E-state index contributed by atoms with van der Waals surface area (Å²) in [6.45, 7) is 1.61. The van der Waals surface area contributed by atoms with Crippen LogP contribution in [0.1, 0.15) is 19.3 Å². The molecule has 110 valence electrons. The maximum atomic E-state index is 13.4. The summed E-state index contributed by atoms with van der Waals surface area (Å²) in [5.74, 6) is -0.726. The van der Waals surface area contributed by atoms with Crippen LogP contribution in [-0.2, 0) is 14.3 Å². The third kappa shape index (κ3) is 4.85. The summed E-state index contributed by atoms with van der Waals surface area (Å²) in [5, 5.41) is 2.52. The van der Waals surface area contributed by atoms with Crippen molar-refractivity contribution in [3.63, 3.8) is 0 Å². The van der Waals surface area contributed by atoms with Gasteiger partial charge in [-0.1, -0.05) is 15.9 Å². The van der Waals surface area contributed by atoms with Crippen molar-refractivity contribution >= 4 is 27.5 Å². The molecule has 0 aliphatic carbocycles. The van der Waals surface area contributed by atoms with E-state index in [-0.39, 0.29) is 24.1 Å². The Kier molecular flexibility index (Phi) is 5.94. The Morgan fingerprint density at radius 2 is 2.40 bits per heavy atom. The van der Waals surface area contributed by atoms with E-state index >= 15 is 0 Å². The van der Waals surface area contributed by atoms with E-state index in [0.29, 0.717) is 17.7 Å². The van der Waals surface area contributed by atoms with Crippen LogP contribution in [0, 0.1) is 5.82 Å². The van der Waals surface area contributed by atoms with Gasteiger partial charge >= 0.3 is 0 Å². The second-order valence-corrected chi connectivity index (χ2v) is 5.55. The molecule has 6 heteroatoms. The second-order valence-electron chi connectivity index (χ2n) is 4.63. The molecule has 4 nitrogen and oxygen atoms in total. The van der Waals surface area contributed by atoms with Crippen LogP contribution in [-0.4, -0.2) is 31.8 Å². The molecule has 1 aromatic carbocycles. The largest absolute Gasteiger partial charge is 0.378 e. The summed E-state index contributed by atoms with van der Waals surface area (Å²) in [6, 6.07) is 4.41. The van der Waals surface area contributed by atoms with E-state index in [4.69, 9.17) is 9.47 Å². The number of hydrogen-bond donors (Lipinski definition) is 1. The normalized spacial score (nSPS) is 18.2. The van der Waals surface area contributed by atoms with E-state index < -0.39 is 5.82 Å². The molecule has 0 bridgehead atoms. The molecular weight excluding hydrogens is 329 g/mol. The predicted octanol–water partition coefficient (Wildman–Crippen LogP) is 3.11. The molecule has 1 heterocycles. The fourth-order valence-electron chi connectivity index (χ4n) is 1.96. The topological polar surface area (TPSA) is 47.6 Å². The number of anilines is 1. The van der Waals surface area contributed by atoms with E-state index in [2.05, 4.69) is 21.2 Å². The summed E-state index contributed by atoms with van der Waals surface area (Å²) < 4.78 is 24.9. The molecule has 1 fully saturated rings. The number of amides is 1. The summed E-state index contributed by atoms with van der Waals surface area (Å²) >= 11 is 3.23. The Morgan fingerprint density at radius 3 is 3.15 bits per heavy atom. The summed E-state index contributed by atoms with van der Waals surface area (Å²) in [7, 11) is 0. The Labute approximate surface area is 125 Å². The molecule has 1 saturated heterocycles. The highest BCUT2D eigenvalue weighted by atomic mass is 79.9. The Hall–Kier alpha value is -0.980. The van der Waals surface area contributed by atoms with Crippen LogP contribution < -0.4 is 5.32 Å². The Bertz CT molecular complexity index is 464. The zero-order valence-electron chi connectivity index (χ0n) is 11.0. The van der Waals surface area contributed by atoms with Crippen molar-refractivity contribution in [2.45, 2.75) is 25.4 Å². The predicted molar refractivity (Wildman–Crippen MR) is 77.1 cm³/mol. The monoisotopic (exact) mass is 345 g/mol. The number of nitrogens with one attached hydrogen (secondary N) is 1. The van der Waals surface area contributed by atoms with Gasteiger partial charge in [-0.3, -0.25) is 4.79 Å². The summed E-state index contributed by atoms with van der Waals surface area (Å²) in [5.41, 5.74) is 0.170. The van der Waals surface area contributed by atoms with Crippen LogP contribution in [0.5, 0.6) is 0 Å². The molecule has 1 N–H and O–H groups in total. The minimum Gasteiger partial charge on any atom is -0.378 e. The zero-order chi connectivity index (χ0) is 14.4. The van der Waals surface area contributed by atoms with Crippen LogP contribution in [0.2, 0.25) is 0 Å². The first-order valence-corrected chi connectivity index (χ1v) is 7.38. The molecule has 20 heavy (non-hydrogen) atoms. The quantitative estimate of drug-likeness (QED) is 0.806. The van der Waals surface area contributed by atoms with Gasteiger partial charge in [0, 0.05) is 11.1 Å². The number of halogens is 2. The molecule has 0 radical (unpaired) electrons. The lowest BCUT2D eigenvalue weighted by atomic mass is 10.2. The number of benzene rings is 1. The first-order valence-electron chi connectivity index (χ1n) is 6.59. The van der Waals surface area contributed by atoms with Gasteiger partial charge in [0.15, 0.2) is 0 Å². The Balaban J connectivity index is 1.68. The first-order chi connectivity index (χ1) is 9.65. The molecule has 1 aliphatic heterocycles. The minimum absolute atomic E-state index is 0.153. The molecule has 1 atom stereocenters. The maximum Gasteiger partial charge on any atom is 0.226 e. The molecular formula is C14H17BrFNO3. The highest BCUT2D eigenvalue weighted by molar-refractivity contribution is 9.10. The molecule has 0 spiro atoms. The van der Waals surface area contributed by atoms with Crippen LogP contribution in [0.4, 0.5) is 10.1 Å². The summed E-state index contributed by atoms with van der Waals surface area (Å²) in [4.78, 5) is 11.7. The smallest absolute Gasteiger partial charge is 0.226 e. The molecule has 0 saturated carbocycles. The van der Waals surface area contributed by atoms with Crippen molar-refractivity contribution in [2.75, 3.05) is 25.1 Å². The molecule has 0 aromatic heterocycles. The number of carbonyl (C=O) groups excluding carboxylic acids is 1. The fourth-order valence-corrected chi connectivity index (χ4v) is 2.32. The number of rotatable bonds is 6. The van der Waals surface area contributed by atoms with Crippen molar-refractivity contribution in [3.05, 3.63) is 28.5 Å². The van der Waals surface area contributed by atoms with Crippen LogP contribution in [0.3, 0.4) is 0 Å². The van der Waals surface area contributed by atoms with Crippen molar-refractivity contribution < 1.29 is 18.7 Å². The standard InChI is InChI=1S/C14H17BrFNO3/c15-10-3-4-12(16)13(8-10)17-14(18)5-7-19-9-11-2-1-6-20-11/h3-4,8,11H,1-2,5-7,9H2,(H,17,18). The van der Waals surface area contributed by atoms with Crippen molar-refractivity contribution in [3.8, 4) is 0 Å².